The van der Waals surface area contributed by atoms with Crippen LogP contribution < -0.4 is 5.32 Å². The summed E-state index contributed by atoms with van der Waals surface area (Å²) in [7, 11) is 0. The first-order valence-electron chi connectivity index (χ1n) is 8.31. The molecule has 2 aliphatic heterocycles. The highest BCUT2D eigenvalue weighted by molar-refractivity contribution is 5.25. The fraction of sp³-hybridized carbons (Fsp3) is 0.667. The van der Waals surface area contributed by atoms with Crippen LogP contribution in [0.5, 0.6) is 0 Å². The van der Waals surface area contributed by atoms with Gasteiger partial charge in [-0.25, -0.2) is 4.39 Å². The summed E-state index contributed by atoms with van der Waals surface area (Å²) in [5.41, 5.74) is 2.30. The third kappa shape index (κ3) is 3.14. The molecule has 116 valence electrons. The number of piperidine rings is 2. The highest BCUT2D eigenvalue weighted by atomic mass is 19.1. The highest BCUT2D eigenvalue weighted by Gasteiger charge is 2.37. The van der Waals surface area contributed by atoms with Gasteiger partial charge in [-0.3, -0.25) is 4.90 Å². The summed E-state index contributed by atoms with van der Waals surface area (Å²) in [5.74, 6) is -0.0783. The van der Waals surface area contributed by atoms with Crippen molar-refractivity contribution in [2.45, 2.75) is 45.6 Å². The summed E-state index contributed by atoms with van der Waals surface area (Å²) in [6.45, 7) is 8.65. The molecule has 0 saturated carbocycles. The molecule has 1 spiro atoms. The number of aryl methyl sites for hydroxylation is 1. The Bertz CT molecular complexity index is 488. The van der Waals surface area contributed by atoms with Crippen LogP contribution in [-0.2, 0) is 0 Å². The van der Waals surface area contributed by atoms with Crippen molar-refractivity contribution in [1.29, 1.82) is 0 Å². The lowest BCUT2D eigenvalue weighted by molar-refractivity contribution is 0.0415. The van der Waals surface area contributed by atoms with Crippen LogP contribution in [-0.4, -0.2) is 31.1 Å². The van der Waals surface area contributed by atoms with Crippen LogP contribution in [0, 0.1) is 18.2 Å². The lowest BCUT2D eigenvalue weighted by atomic mass is 9.74. The molecule has 0 amide bonds. The molecular formula is C18H27FN2. The molecule has 1 aromatic rings. The van der Waals surface area contributed by atoms with Gasteiger partial charge in [0.1, 0.15) is 5.82 Å². The number of hydrogen-bond donors (Lipinski definition) is 1. The predicted molar refractivity (Wildman–Crippen MR) is 84.9 cm³/mol. The summed E-state index contributed by atoms with van der Waals surface area (Å²) in [6, 6.07) is 6.02. The van der Waals surface area contributed by atoms with E-state index in [4.69, 9.17) is 0 Å². The molecule has 2 aliphatic rings. The van der Waals surface area contributed by atoms with Crippen LogP contribution in [0.4, 0.5) is 4.39 Å². The topological polar surface area (TPSA) is 15.3 Å². The lowest BCUT2D eigenvalue weighted by Crippen LogP contribution is -2.51. The highest BCUT2D eigenvalue weighted by Crippen LogP contribution is 2.38. The second kappa shape index (κ2) is 6.05. The van der Waals surface area contributed by atoms with Gasteiger partial charge in [0, 0.05) is 19.1 Å². The molecule has 0 bridgehead atoms. The molecule has 2 heterocycles. The minimum atomic E-state index is -0.0783. The maximum Gasteiger partial charge on any atom is 0.126 e. The van der Waals surface area contributed by atoms with Crippen molar-refractivity contribution in [2.24, 2.45) is 5.41 Å². The normalized spacial score (nSPS) is 28.7. The van der Waals surface area contributed by atoms with Crippen molar-refractivity contribution in [3.8, 4) is 0 Å². The molecule has 2 fully saturated rings. The largest absolute Gasteiger partial charge is 0.316 e. The summed E-state index contributed by atoms with van der Waals surface area (Å²) in [4.78, 5) is 2.56. The van der Waals surface area contributed by atoms with Gasteiger partial charge in [-0.2, -0.15) is 0 Å². The Labute approximate surface area is 127 Å². The van der Waals surface area contributed by atoms with E-state index in [2.05, 4.69) is 23.2 Å². The van der Waals surface area contributed by atoms with Crippen LogP contribution >= 0.6 is 0 Å². The summed E-state index contributed by atoms with van der Waals surface area (Å²) < 4.78 is 13.8. The van der Waals surface area contributed by atoms with Gasteiger partial charge in [0.2, 0.25) is 0 Å². The maximum atomic E-state index is 13.8. The quantitative estimate of drug-likeness (QED) is 0.894. The van der Waals surface area contributed by atoms with Crippen LogP contribution in [0.2, 0.25) is 0 Å². The van der Waals surface area contributed by atoms with E-state index in [0.29, 0.717) is 11.5 Å². The van der Waals surface area contributed by atoms with Crippen molar-refractivity contribution in [3.63, 3.8) is 0 Å². The number of nitrogens with one attached hydrogen (secondary N) is 1. The minimum Gasteiger partial charge on any atom is -0.316 e. The van der Waals surface area contributed by atoms with Gasteiger partial charge >= 0.3 is 0 Å². The number of nitrogens with zero attached hydrogens (tertiary/aromatic N) is 1. The first-order chi connectivity index (χ1) is 10.1. The van der Waals surface area contributed by atoms with E-state index in [-0.39, 0.29) is 5.82 Å². The number of likely N-dealkylation sites (tertiary alicyclic amines) is 1. The van der Waals surface area contributed by atoms with Gasteiger partial charge in [0.05, 0.1) is 0 Å². The summed E-state index contributed by atoms with van der Waals surface area (Å²) in [5, 5.41) is 3.57. The van der Waals surface area contributed by atoms with E-state index in [9.17, 15) is 4.39 Å². The van der Waals surface area contributed by atoms with Gasteiger partial charge in [-0.1, -0.05) is 12.1 Å². The second-order valence-electron chi connectivity index (χ2n) is 7.04. The van der Waals surface area contributed by atoms with Crippen LogP contribution in [0.1, 0.15) is 49.8 Å². The van der Waals surface area contributed by atoms with E-state index in [1.54, 1.807) is 6.07 Å². The van der Waals surface area contributed by atoms with E-state index < -0.39 is 0 Å². The second-order valence-corrected chi connectivity index (χ2v) is 7.04. The molecule has 2 unspecified atom stereocenters. The zero-order valence-corrected chi connectivity index (χ0v) is 13.3. The smallest absolute Gasteiger partial charge is 0.126 e. The maximum absolute atomic E-state index is 13.8. The number of hydrogen-bond acceptors (Lipinski definition) is 2. The zero-order chi connectivity index (χ0) is 14.9. The van der Waals surface area contributed by atoms with E-state index >= 15 is 0 Å². The summed E-state index contributed by atoms with van der Waals surface area (Å²) >= 11 is 0. The molecule has 2 nitrogen and oxygen atoms in total. The fourth-order valence-corrected chi connectivity index (χ4v) is 4.04. The van der Waals surface area contributed by atoms with Gasteiger partial charge in [0.25, 0.3) is 0 Å². The molecule has 0 radical (unpaired) electrons. The monoisotopic (exact) mass is 290 g/mol. The van der Waals surface area contributed by atoms with Gasteiger partial charge in [-0.15, -0.1) is 0 Å². The Hall–Kier alpha value is -0.930. The zero-order valence-electron chi connectivity index (χ0n) is 13.3. The molecule has 21 heavy (non-hydrogen) atoms. The van der Waals surface area contributed by atoms with Crippen LogP contribution in [0.3, 0.4) is 0 Å². The Morgan fingerprint density at radius 2 is 2.10 bits per heavy atom. The van der Waals surface area contributed by atoms with Crippen LogP contribution in [0.25, 0.3) is 0 Å². The van der Waals surface area contributed by atoms with Crippen molar-refractivity contribution >= 4 is 0 Å². The average molecular weight is 290 g/mol. The van der Waals surface area contributed by atoms with Crippen molar-refractivity contribution in [1.82, 2.24) is 10.2 Å². The predicted octanol–water partition coefficient (Wildman–Crippen LogP) is 3.66. The molecule has 1 aromatic carbocycles. The summed E-state index contributed by atoms with van der Waals surface area (Å²) in [6.07, 6.45) is 5.23. The van der Waals surface area contributed by atoms with E-state index in [1.165, 1.54) is 32.2 Å². The van der Waals surface area contributed by atoms with Gasteiger partial charge in [0.15, 0.2) is 0 Å². The van der Waals surface area contributed by atoms with Crippen molar-refractivity contribution in [2.75, 3.05) is 26.2 Å². The third-order valence-corrected chi connectivity index (χ3v) is 5.48. The van der Waals surface area contributed by atoms with Crippen molar-refractivity contribution in [3.05, 3.63) is 35.1 Å². The standard InChI is InChI=1S/C18H27FN2/c1-14-5-6-16(11-17(14)19)15(2)21-10-4-8-18(13-21)7-3-9-20-12-18/h5-6,11,15,20H,3-4,7-10,12-13H2,1-2H3. The number of benzene rings is 1. The fourth-order valence-electron chi connectivity index (χ4n) is 4.04. The SMILES string of the molecule is Cc1ccc(C(C)N2CCCC3(CCCNC3)C2)cc1F. The van der Waals surface area contributed by atoms with Crippen molar-refractivity contribution < 1.29 is 4.39 Å². The number of rotatable bonds is 2. The third-order valence-electron chi connectivity index (χ3n) is 5.48. The average Bonchev–Trinajstić information content (AvgIpc) is 2.50. The molecule has 0 aromatic heterocycles. The Kier molecular flexibility index (Phi) is 4.32. The van der Waals surface area contributed by atoms with Gasteiger partial charge in [-0.05, 0) is 75.2 Å². The Balaban J connectivity index is 1.74. The first-order valence-corrected chi connectivity index (χ1v) is 8.31. The molecular weight excluding hydrogens is 263 g/mol. The Morgan fingerprint density at radius 3 is 2.81 bits per heavy atom. The molecule has 1 N–H and O–H groups in total. The van der Waals surface area contributed by atoms with Crippen LogP contribution in [0.15, 0.2) is 18.2 Å². The van der Waals surface area contributed by atoms with E-state index in [0.717, 1.165) is 30.8 Å². The minimum absolute atomic E-state index is 0.0783. The molecule has 3 rings (SSSR count). The molecule has 2 atom stereocenters. The molecule has 2 saturated heterocycles. The lowest BCUT2D eigenvalue weighted by Gasteiger charge is -2.47. The molecule has 0 aliphatic carbocycles. The Morgan fingerprint density at radius 1 is 1.29 bits per heavy atom. The number of halogens is 1. The van der Waals surface area contributed by atoms with Gasteiger partial charge < -0.3 is 5.32 Å². The molecule has 3 heteroatoms. The van der Waals surface area contributed by atoms with E-state index in [1.807, 2.05) is 13.0 Å². The first kappa shape index (κ1) is 15.0.